The van der Waals surface area contributed by atoms with E-state index in [0.29, 0.717) is 5.96 Å². The Kier molecular flexibility index (Phi) is 4.14. The molecule has 0 spiro atoms. The highest BCUT2D eigenvalue weighted by Gasteiger charge is 2.47. The molecule has 0 aromatic heterocycles. The molecule has 2 aliphatic heterocycles. The summed E-state index contributed by atoms with van der Waals surface area (Å²) in [5, 5.41) is 28.7. The Morgan fingerprint density at radius 2 is 2.05 bits per heavy atom. The van der Waals surface area contributed by atoms with Crippen LogP contribution in [0, 0.1) is 0 Å². The van der Waals surface area contributed by atoms with Gasteiger partial charge in [-0.25, -0.2) is 4.79 Å². The molecule has 2 rings (SSSR count). The van der Waals surface area contributed by atoms with E-state index < -0.39 is 37.2 Å². The molecule has 9 heteroatoms. The standard InChI is InChI=1S/C11H20N4O5/c1-13(2)10-12-11(19)15(5-14(10)3)9-8(18)7(17)6(4-16)20-9/h6-9,16-18H,4-5H2,1-3H3/t6-,7-,8-,9-/m1/s1. The maximum absolute atomic E-state index is 12.0. The SMILES string of the molecule is CN(C)C1=NC(=O)N([C@@H]2O[C@H](CO)[C@@H](O)[C@H]2O)CN1C. The Balaban J connectivity index is 2.17. The molecule has 1 saturated heterocycles. The van der Waals surface area contributed by atoms with Gasteiger partial charge in [-0.3, -0.25) is 4.90 Å². The van der Waals surface area contributed by atoms with Crippen LogP contribution in [-0.2, 0) is 4.74 Å². The Labute approximate surface area is 116 Å². The van der Waals surface area contributed by atoms with Gasteiger partial charge in [-0.1, -0.05) is 0 Å². The van der Waals surface area contributed by atoms with Gasteiger partial charge in [-0.2, -0.15) is 4.99 Å². The van der Waals surface area contributed by atoms with Crippen LogP contribution in [0.5, 0.6) is 0 Å². The molecule has 0 unspecified atom stereocenters. The third-order valence-electron chi connectivity index (χ3n) is 3.37. The van der Waals surface area contributed by atoms with Crippen molar-refractivity contribution >= 4 is 12.0 Å². The third kappa shape index (κ3) is 2.44. The fourth-order valence-corrected chi connectivity index (χ4v) is 2.36. The highest BCUT2D eigenvalue weighted by atomic mass is 16.6. The van der Waals surface area contributed by atoms with E-state index in [0.717, 1.165) is 0 Å². The first-order chi connectivity index (χ1) is 9.36. The van der Waals surface area contributed by atoms with Crippen LogP contribution >= 0.6 is 0 Å². The zero-order valence-corrected chi connectivity index (χ0v) is 11.7. The summed E-state index contributed by atoms with van der Waals surface area (Å²) < 4.78 is 5.33. The van der Waals surface area contributed by atoms with Gasteiger partial charge in [0, 0.05) is 21.1 Å². The minimum absolute atomic E-state index is 0.169. The number of rotatable bonds is 2. The third-order valence-corrected chi connectivity index (χ3v) is 3.37. The van der Waals surface area contributed by atoms with Crippen molar-refractivity contribution in [2.45, 2.75) is 24.5 Å². The summed E-state index contributed by atoms with van der Waals surface area (Å²) in [4.78, 5) is 20.6. The number of carbonyl (C=O) groups excluding carboxylic acids is 1. The number of urea groups is 1. The van der Waals surface area contributed by atoms with Crippen LogP contribution in [0.2, 0.25) is 0 Å². The van der Waals surface area contributed by atoms with Crippen molar-refractivity contribution in [3.8, 4) is 0 Å². The molecule has 4 atom stereocenters. The maximum Gasteiger partial charge on any atom is 0.350 e. The van der Waals surface area contributed by atoms with Crippen LogP contribution in [0.15, 0.2) is 4.99 Å². The molecular formula is C11H20N4O5. The Hall–Kier alpha value is -1.42. The van der Waals surface area contributed by atoms with E-state index in [4.69, 9.17) is 9.84 Å². The minimum atomic E-state index is -1.28. The monoisotopic (exact) mass is 288 g/mol. The van der Waals surface area contributed by atoms with Crippen molar-refractivity contribution in [2.24, 2.45) is 4.99 Å². The second-order valence-corrected chi connectivity index (χ2v) is 5.13. The van der Waals surface area contributed by atoms with Crippen LogP contribution in [0.3, 0.4) is 0 Å². The maximum atomic E-state index is 12.0. The number of carbonyl (C=O) groups is 1. The second kappa shape index (κ2) is 5.52. The van der Waals surface area contributed by atoms with E-state index in [2.05, 4.69) is 4.99 Å². The average molecular weight is 288 g/mol. The molecule has 0 radical (unpaired) electrons. The lowest BCUT2D eigenvalue weighted by atomic mass is 10.1. The van der Waals surface area contributed by atoms with Crippen molar-refractivity contribution < 1.29 is 24.9 Å². The number of hydrogen-bond acceptors (Lipinski definition) is 7. The quantitative estimate of drug-likeness (QED) is 0.523. The van der Waals surface area contributed by atoms with Gasteiger partial charge in [0.05, 0.1) is 13.3 Å². The summed E-state index contributed by atoms with van der Waals surface area (Å²) >= 11 is 0. The van der Waals surface area contributed by atoms with Crippen LogP contribution in [-0.4, -0.2) is 101 Å². The lowest BCUT2D eigenvalue weighted by Gasteiger charge is -2.38. The summed E-state index contributed by atoms with van der Waals surface area (Å²) in [5.41, 5.74) is 0. The highest BCUT2D eigenvalue weighted by molar-refractivity contribution is 5.94. The molecule has 2 amide bonds. The first kappa shape index (κ1) is 15.0. The van der Waals surface area contributed by atoms with Crippen molar-refractivity contribution in [1.29, 1.82) is 0 Å². The lowest BCUT2D eigenvalue weighted by molar-refractivity contribution is -0.0873. The van der Waals surface area contributed by atoms with Crippen molar-refractivity contribution in [3.63, 3.8) is 0 Å². The molecule has 9 nitrogen and oxygen atoms in total. The van der Waals surface area contributed by atoms with Crippen LogP contribution in [0.25, 0.3) is 0 Å². The van der Waals surface area contributed by atoms with Crippen molar-refractivity contribution in [2.75, 3.05) is 34.4 Å². The molecule has 3 N–H and O–H groups in total. The van der Waals surface area contributed by atoms with Crippen LogP contribution < -0.4 is 0 Å². The molecule has 0 aliphatic carbocycles. The fourth-order valence-electron chi connectivity index (χ4n) is 2.36. The first-order valence-corrected chi connectivity index (χ1v) is 6.27. The van der Waals surface area contributed by atoms with Gasteiger partial charge in [0.25, 0.3) is 0 Å². The number of guanidine groups is 1. The lowest BCUT2D eigenvalue weighted by Crippen LogP contribution is -2.56. The number of aliphatic hydroxyl groups is 3. The number of hydrogen-bond donors (Lipinski definition) is 3. The molecule has 0 aromatic rings. The molecule has 0 bridgehead atoms. The zero-order chi connectivity index (χ0) is 15.0. The smallest absolute Gasteiger partial charge is 0.350 e. The van der Waals surface area contributed by atoms with Crippen molar-refractivity contribution in [1.82, 2.24) is 14.7 Å². The number of aliphatic imine (C=N–C) groups is 1. The van der Waals surface area contributed by atoms with E-state index in [1.165, 1.54) is 4.90 Å². The van der Waals surface area contributed by atoms with E-state index >= 15 is 0 Å². The number of nitrogens with zero attached hydrogens (tertiary/aromatic N) is 4. The molecule has 114 valence electrons. The van der Waals surface area contributed by atoms with Gasteiger partial charge in [0.2, 0.25) is 5.96 Å². The number of aliphatic hydroxyl groups excluding tert-OH is 3. The molecule has 2 heterocycles. The molecule has 2 aliphatic rings. The Morgan fingerprint density at radius 3 is 2.55 bits per heavy atom. The van der Waals surface area contributed by atoms with Gasteiger partial charge in [0.1, 0.15) is 18.3 Å². The van der Waals surface area contributed by atoms with E-state index in [1.54, 1.807) is 30.9 Å². The molecular weight excluding hydrogens is 268 g/mol. The summed E-state index contributed by atoms with van der Waals surface area (Å²) in [7, 11) is 5.29. The Morgan fingerprint density at radius 1 is 1.40 bits per heavy atom. The zero-order valence-electron chi connectivity index (χ0n) is 11.7. The summed E-state index contributed by atoms with van der Waals surface area (Å²) in [6.07, 6.45) is -4.44. The van der Waals surface area contributed by atoms with E-state index in [9.17, 15) is 15.0 Å². The minimum Gasteiger partial charge on any atom is -0.394 e. The second-order valence-electron chi connectivity index (χ2n) is 5.13. The predicted octanol–water partition coefficient (Wildman–Crippen LogP) is -2.33. The van der Waals surface area contributed by atoms with Gasteiger partial charge in [0.15, 0.2) is 6.23 Å². The normalized spacial score (nSPS) is 34.5. The van der Waals surface area contributed by atoms with E-state index in [1.807, 2.05) is 0 Å². The van der Waals surface area contributed by atoms with Crippen molar-refractivity contribution in [3.05, 3.63) is 0 Å². The molecule has 0 aromatic carbocycles. The van der Waals surface area contributed by atoms with Gasteiger partial charge < -0.3 is 29.9 Å². The van der Waals surface area contributed by atoms with Gasteiger partial charge >= 0.3 is 6.03 Å². The summed E-state index contributed by atoms with van der Waals surface area (Å²) in [6.45, 7) is -0.263. The number of amides is 2. The number of ether oxygens (including phenoxy) is 1. The molecule has 20 heavy (non-hydrogen) atoms. The fraction of sp³-hybridized carbons (Fsp3) is 0.818. The molecule has 1 fully saturated rings. The first-order valence-electron chi connectivity index (χ1n) is 6.27. The highest BCUT2D eigenvalue weighted by Crippen LogP contribution is 2.25. The van der Waals surface area contributed by atoms with Gasteiger partial charge in [-0.05, 0) is 0 Å². The summed E-state index contributed by atoms with van der Waals surface area (Å²) in [6, 6.07) is -0.554. The van der Waals surface area contributed by atoms with Crippen LogP contribution in [0.1, 0.15) is 0 Å². The van der Waals surface area contributed by atoms with E-state index in [-0.39, 0.29) is 6.67 Å². The average Bonchev–Trinajstić information content (AvgIpc) is 2.68. The topological polar surface area (TPSA) is 109 Å². The van der Waals surface area contributed by atoms with Gasteiger partial charge in [-0.15, -0.1) is 0 Å². The van der Waals surface area contributed by atoms with Crippen LogP contribution in [0.4, 0.5) is 4.79 Å². The predicted molar refractivity (Wildman–Crippen MR) is 68.7 cm³/mol. The largest absolute Gasteiger partial charge is 0.394 e. The molecule has 0 saturated carbocycles. The Bertz CT molecular complexity index is 416. The summed E-state index contributed by atoms with van der Waals surface area (Å²) in [5.74, 6) is 0.498.